The van der Waals surface area contributed by atoms with E-state index in [9.17, 15) is 16.8 Å². The minimum Gasteiger partial charge on any atom is -0.372 e. The fraction of sp³-hybridized carbons (Fsp3) is 0.333. The van der Waals surface area contributed by atoms with Gasteiger partial charge in [-0.15, -0.1) is 0 Å². The summed E-state index contributed by atoms with van der Waals surface area (Å²) in [6.07, 6.45) is 0. The lowest BCUT2D eigenvalue weighted by Crippen LogP contribution is -2.32. The number of sulfonamides is 2. The minimum atomic E-state index is -3.73. The number of benzene rings is 3. The molecule has 6 rings (SSSR count). The summed E-state index contributed by atoms with van der Waals surface area (Å²) in [6, 6.07) is 23.8. The number of rotatable bonds is 8. The van der Waals surface area contributed by atoms with Crippen molar-refractivity contribution in [1.29, 1.82) is 0 Å². The maximum atomic E-state index is 13.8. The van der Waals surface area contributed by atoms with Crippen LogP contribution in [0.5, 0.6) is 0 Å². The van der Waals surface area contributed by atoms with E-state index in [0.717, 1.165) is 39.0 Å². The number of ether oxygens (including phenoxy) is 1. The van der Waals surface area contributed by atoms with E-state index in [2.05, 4.69) is 0 Å². The van der Waals surface area contributed by atoms with Gasteiger partial charge in [0.15, 0.2) is 0 Å². The van der Waals surface area contributed by atoms with Crippen molar-refractivity contribution >= 4 is 20.0 Å². The monoisotopic (exact) mass is 604 g/mol. The van der Waals surface area contributed by atoms with E-state index in [1.165, 1.54) is 0 Å². The van der Waals surface area contributed by atoms with Crippen LogP contribution < -0.4 is 0 Å². The summed E-state index contributed by atoms with van der Waals surface area (Å²) in [5.41, 5.74) is 7.18. The lowest BCUT2D eigenvalue weighted by molar-refractivity contribution is 0.142. The Bertz CT molecular complexity index is 1760. The summed E-state index contributed by atoms with van der Waals surface area (Å²) < 4.78 is 64.2. The topological polar surface area (TPSA) is 84.0 Å². The largest absolute Gasteiger partial charge is 0.372 e. The van der Waals surface area contributed by atoms with E-state index in [0.29, 0.717) is 32.8 Å². The first-order valence-corrected chi connectivity index (χ1v) is 17.1. The van der Waals surface area contributed by atoms with Crippen LogP contribution in [0.2, 0.25) is 0 Å². The van der Waals surface area contributed by atoms with Crippen molar-refractivity contribution in [3.8, 4) is 0 Å². The zero-order valence-corrected chi connectivity index (χ0v) is 25.8. The highest BCUT2D eigenvalue weighted by Crippen LogP contribution is 2.48. The van der Waals surface area contributed by atoms with Crippen molar-refractivity contribution in [2.75, 3.05) is 32.8 Å². The maximum Gasteiger partial charge on any atom is 0.243 e. The molecule has 7 nitrogen and oxygen atoms in total. The van der Waals surface area contributed by atoms with E-state index in [1.807, 2.05) is 75.4 Å². The molecule has 9 heteroatoms. The van der Waals surface area contributed by atoms with Crippen LogP contribution >= 0.6 is 0 Å². The SMILES string of the molecule is CC1=C2CN(S(=O)(=O)c3ccc(C)cc3)C[C@@H]2[C@H]2CN(S(=O)(=O)c3ccc(C)cc3)CC2=C1COCc1ccccc1. The van der Waals surface area contributed by atoms with E-state index in [-0.39, 0.29) is 28.2 Å². The van der Waals surface area contributed by atoms with Gasteiger partial charge in [0.25, 0.3) is 0 Å². The standard InChI is InChI=1S/C33H36N2O5S2/c1-23-9-13-27(14-10-23)41(36,37)34-17-29-25(3)33(22-40-21-26-7-5-4-6-8-26)32-20-35(19-31(32)30(29)18-34)42(38,39)28-15-11-24(2)12-16-28/h4-16,30-31H,17-22H2,1-3H3/t30-,31+/m0/s1. The van der Waals surface area contributed by atoms with Gasteiger partial charge in [0.05, 0.1) is 23.0 Å². The van der Waals surface area contributed by atoms with Crippen LogP contribution in [0.1, 0.15) is 23.6 Å². The quantitative estimate of drug-likeness (QED) is 0.358. The second-order valence-electron chi connectivity index (χ2n) is 11.6. The molecule has 1 aliphatic carbocycles. The van der Waals surface area contributed by atoms with Gasteiger partial charge in [0, 0.05) is 38.0 Å². The molecule has 2 saturated heterocycles. The summed E-state index contributed by atoms with van der Waals surface area (Å²) >= 11 is 0. The second-order valence-corrected chi connectivity index (χ2v) is 15.4. The molecule has 3 aromatic rings. The van der Waals surface area contributed by atoms with Gasteiger partial charge in [-0.2, -0.15) is 8.61 Å². The first-order valence-electron chi connectivity index (χ1n) is 14.2. The van der Waals surface area contributed by atoms with Crippen LogP contribution in [0.25, 0.3) is 0 Å². The van der Waals surface area contributed by atoms with Crippen molar-refractivity contribution in [3.63, 3.8) is 0 Å². The Morgan fingerprint density at radius 2 is 1.12 bits per heavy atom. The molecule has 0 aromatic heterocycles. The van der Waals surface area contributed by atoms with Gasteiger partial charge >= 0.3 is 0 Å². The molecule has 0 unspecified atom stereocenters. The van der Waals surface area contributed by atoms with Crippen molar-refractivity contribution in [1.82, 2.24) is 8.61 Å². The van der Waals surface area contributed by atoms with Crippen molar-refractivity contribution < 1.29 is 21.6 Å². The van der Waals surface area contributed by atoms with Crippen molar-refractivity contribution in [3.05, 3.63) is 118 Å². The summed E-state index contributed by atoms with van der Waals surface area (Å²) in [6.45, 7) is 7.88. The molecule has 42 heavy (non-hydrogen) atoms. The Balaban J connectivity index is 1.33. The highest BCUT2D eigenvalue weighted by Gasteiger charge is 2.49. The molecule has 2 atom stereocenters. The highest BCUT2D eigenvalue weighted by atomic mass is 32.2. The van der Waals surface area contributed by atoms with Gasteiger partial charge in [0.1, 0.15) is 0 Å². The molecule has 2 heterocycles. The first kappa shape index (κ1) is 29.0. The lowest BCUT2D eigenvalue weighted by atomic mass is 9.74. The van der Waals surface area contributed by atoms with E-state index >= 15 is 0 Å². The molecule has 3 aromatic carbocycles. The number of hydrogen-bond donors (Lipinski definition) is 0. The molecule has 3 aliphatic rings. The van der Waals surface area contributed by atoms with Gasteiger partial charge in [-0.25, -0.2) is 16.8 Å². The Morgan fingerprint density at radius 1 is 0.643 bits per heavy atom. The Kier molecular flexibility index (Phi) is 7.74. The third-order valence-corrected chi connectivity index (χ3v) is 12.5. The average molecular weight is 605 g/mol. The molecule has 0 spiro atoms. The van der Waals surface area contributed by atoms with Crippen molar-refractivity contribution in [2.24, 2.45) is 11.8 Å². The van der Waals surface area contributed by atoms with Gasteiger partial charge < -0.3 is 4.74 Å². The van der Waals surface area contributed by atoms with Crippen LogP contribution in [0.3, 0.4) is 0 Å². The fourth-order valence-electron chi connectivity index (χ4n) is 6.42. The normalized spacial score (nSPS) is 21.6. The zero-order chi connectivity index (χ0) is 29.6. The van der Waals surface area contributed by atoms with Crippen LogP contribution in [-0.4, -0.2) is 58.2 Å². The number of nitrogens with zero attached hydrogens (tertiary/aromatic N) is 2. The molecule has 0 saturated carbocycles. The van der Waals surface area contributed by atoms with Crippen LogP contribution in [0.15, 0.2) is 111 Å². The van der Waals surface area contributed by atoms with Gasteiger partial charge in [-0.1, -0.05) is 65.7 Å². The number of fused-ring (bicyclic) bond motifs is 3. The molecule has 0 N–H and O–H groups in total. The Labute approximate surface area is 249 Å². The highest BCUT2D eigenvalue weighted by molar-refractivity contribution is 7.89. The number of aryl methyl sites for hydroxylation is 2. The average Bonchev–Trinajstić information content (AvgIpc) is 3.62. The predicted octanol–water partition coefficient (Wildman–Crippen LogP) is 5.09. The maximum absolute atomic E-state index is 13.8. The Morgan fingerprint density at radius 3 is 1.64 bits per heavy atom. The molecule has 2 aliphatic heterocycles. The lowest BCUT2D eigenvalue weighted by Gasteiger charge is -2.30. The molecular weight excluding hydrogens is 569 g/mol. The van der Waals surface area contributed by atoms with Gasteiger partial charge in [-0.05, 0) is 72.9 Å². The van der Waals surface area contributed by atoms with E-state index in [1.54, 1.807) is 32.9 Å². The first-order chi connectivity index (χ1) is 20.1. The van der Waals surface area contributed by atoms with Crippen LogP contribution in [0.4, 0.5) is 0 Å². The zero-order valence-electron chi connectivity index (χ0n) is 24.2. The summed E-state index contributed by atoms with van der Waals surface area (Å²) in [7, 11) is -7.44. The van der Waals surface area contributed by atoms with E-state index < -0.39 is 20.0 Å². The molecule has 220 valence electrons. The van der Waals surface area contributed by atoms with Gasteiger partial charge in [-0.3, -0.25) is 0 Å². The molecule has 0 amide bonds. The Hall–Kier alpha value is -3.08. The third-order valence-electron chi connectivity index (χ3n) is 8.87. The fourth-order valence-corrected chi connectivity index (χ4v) is 9.31. The van der Waals surface area contributed by atoms with Crippen LogP contribution in [0, 0.1) is 25.7 Å². The number of hydrogen-bond acceptors (Lipinski definition) is 5. The predicted molar refractivity (Wildman–Crippen MR) is 163 cm³/mol. The van der Waals surface area contributed by atoms with Crippen LogP contribution in [-0.2, 0) is 31.4 Å². The van der Waals surface area contributed by atoms with E-state index in [4.69, 9.17) is 4.74 Å². The molecular formula is C33H36N2O5S2. The molecule has 2 fully saturated rings. The summed E-state index contributed by atoms with van der Waals surface area (Å²) in [5.74, 6) is -0.200. The van der Waals surface area contributed by atoms with Crippen molar-refractivity contribution in [2.45, 2.75) is 37.2 Å². The third kappa shape index (κ3) is 5.29. The molecule has 0 radical (unpaired) electrons. The summed E-state index contributed by atoms with van der Waals surface area (Å²) in [5, 5.41) is 0. The molecule has 0 bridgehead atoms. The smallest absolute Gasteiger partial charge is 0.243 e. The minimum absolute atomic E-state index is 0.0867. The summed E-state index contributed by atoms with van der Waals surface area (Å²) in [4.78, 5) is 0.550. The second kappa shape index (κ2) is 11.2. The van der Waals surface area contributed by atoms with Gasteiger partial charge in [0.2, 0.25) is 20.0 Å².